The van der Waals surface area contributed by atoms with E-state index in [9.17, 15) is 14.0 Å². The topological polar surface area (TPSA) is 82.5 Å². The fraction of sp³-hybridized carbons (Fsp3) is 0.250. The van der Waals surface area contributed by atoms with Crippen LogP contribution in [0.25, 0.3) is 10.9 Å². The minimum atomic E-state index is -0.348. The van der Waals surface area contributed by atoms with Gasteiger partial charge < -0.3 is 14.8 Å². The molecule has 1 heterocycles. The van der Waals surface area contributed by atoms with Gasteiger partial charge in [0.1, 0.15) is 12.4 Å². The van der Waals surface area contributed by atoms with Crippen LogP contribution >= 0.6 is 0 Å². The maximum Gasteiger partial charge on any atom is 0.261 e. The number of rotatable bonds is 7. The molecule has 0 unspecified atom stereocenters. The molecule has 0 saturated heterocycles. The summed E-state index contributed by atoms with van der Waals surface area (Å²) in [5.41, 5.74) is 1.02. The largest absolute Gasteiger partial charge is 0.493 e. The van der Waals surface area contributed by atoms with Crippen molar-refractivity contribution in [3.8, 4) is 11.5 Å². The molecule has 0 atom stereocenters. The van der Waals surface area contributed by atoms with Crippen LogP contribution in [0.3, 0.4) is 0 Å². The maximum atomic E-state index is 12.9. The molecule has 1 N–H and O–H groups in total. The third-order valence-corrected chi connectivity index (χ3v) is 4.29. The molecule has 0 aliphatic rings. The summed E-state index contributed by atoms with van der Waals surface area (Å²) < 4.78 is 24.6. The standard InChI is InChI=1S/C20H20FN3O4/c1-27-17-9-15-16(10-18(17)28-2)23-12-24(20(15)26)11-19(25)22-8-7-13-3-5-14(21)6-4-13/h3-6,9-10,12H,7-8,11H2,1-2H3,(H,22,25). The molecule has 3 aromatic rings. The highest BCUT2D eigenvalue weighted by Gasteiger charge is 2.12. The van der Waals surface area contributed by atoms with Crippen molar-refractivity contribution >= 4 is 16.8 Å². The highest BCUT2D eigenvalue weighted by atomic mass is 19.1. The van der Waals surface area contributed by atoms with Gasteiger partial charge in [-0.05, 0) is 30.2 Å². The normalized spacial score (nSPS) is 10.7. The van der Waals surface area contributed by atoms with Gasteiger partial charge in [-0.15, -0.1) is 0 Å². The van der Waals surface area contributed by atoms with Crippen LogP contribution in [0.4, 0.5) is 4.39 Å². The first-order valence-electron chi connectivity index (χ1n) is 8.64. The molecule has 3 rings (SSSR count). The van der Waals surface area contributed by atoms with Gasteiger partial charge in [-0.1, -0.05) is 12.1 Å². The second-order valence-corrected chi connectivity index (χ2v) is 6.13. The number of hydrogen-bond acceptors (Lipinski definition) is 5. The molecule has 146 valence electrons. The van der Waals surface area contributed by atoms with E-state index in [4.69, 9.17) is 9.47 Å². The predicted molar refractivity (Wildman–Crippen MR) is 102 cm³/mol. The summed E-state index contributed by atoms with van der Waals surface area (Å²) in [6, 6.07) is 9.25. The molecule has 0 fully saturated rings. The van der Waals surface area contributed by atoms with Gasteiger partial charge in [0.05, 0.1) is 31.4 Å². The van der Waals surface area contributed by atoms with Crippen LogP contribution in [-0.2, 0) is 17.8 Å². The summed E-state index contributed by atoms with van der Waals surface area (Å²) in [6.45, 7) is 0.227. The number of ether oxygens (including phenoxy) is 2. The zero-order valence-electron chi connectivity index (χ0n) is 15.6. The number of hydrogen-bond donors (Lipinski definition) is 1. The highest BCUT2D eigenvalue weighted by Crippen LogP contribution is 2.29. The summed E-state index contributed by atoms with van der Waals surface area (Å²) >= 11 is 0. The number of halogens is 1. The summed E-state index contributed by atoms with van der Waals surface area (Å²) in [5.74, 6) is 0.268. The maximum absolute atomic E-state index is 12.9. The number of benzene rings is 2. The van der Waals surface area contributed by atoms with Crippen LogP contribution in [0.2, 0.25) is 0 Å². The fourth-order valence-electron chi connectivity index (χ4n) is 2.81. The average Bonchev–Trinajstić information content (AvgIpc) is 2.70. The number of carbonyl (C=O) groups is 1. The third-order valence-electron chi connectivity index (χ3n) is 4.29. The Hall–Kier alpha value is -3.42. The molecule has 1 aromatic heterocycles. The number of fused-ring (bicyclic) bond motifs is 1. The van der Waals surface area contributed by atoms with Gasteiger partial charge in [-0.2, -0.15) is 0 Å². The van der Waals surface area contributed by atoms with Crippen molar-refractivity contribution in [2.45, 2.75) is 13.0 Å². The lowest BCUT2D eigenvalue weighted by Crippen LogP contribution is -2.33. The van der Waals surface area contributed by atoms with Crippen LogP contribution in [0, 0.1) is 5.82 Å². The number of methoxy groups -OCH3 is 2. The molecule has 8 heteroatoms. The SMILES string of the molecule is COc1cc2ncn(CC(=O)NCCc3ccc(F)cc3)c(=O)c2cc1OC. The van der Waals surface area contributed by atoms with Crippen molar-refractivity contribution in [2.75, 3.05) is 20.8 Å². The van der Waals surface area contributed by atoms with Crippen molar-refractivity contribution in [2.24, 2.45) is 0 Å². The lowest BCUT2D eigenvalue weighted by atomic mass is 10.1. The minimum Gasteiger partial charge on any atom is -0.493 e. The van der Waals surface area contributed by atoms with Gasteiger partial charge in [-0.25, -0.2) is 9.37 Å². The van der Waals surface area contributed by atoms with Crippen LogP contribution in [0.5, 0.6) is 11.5 Å². The lowest BCUT2D eigenvalue weighted by Gasteiger charge is -2.11. The van der Waals surface area contributed by atoms with Gasteiger partial charge in [0, 0.05) is 12.6 Å². The number of aromatic nitrogens is 2. The average molecular weight is 385 g/mol. The molecule has 2 aromatic carbocycles. The number of nitrogens with zero attached hydrogens (tertiary/aromatic N) is 2. The molecule has 0 saturated carbocycles. The van der Waals surface area contributed by atoms with E-state index in [1.165, 1.54) is 37.2 Å². The molecular formula is C20H20FN3O4. The Labute approximate surface area is 160 Å². The van der Waals surface area contributed by atoms with E-state index in [1.54, 1.807) is 24.3 Å². The molecule has 0 aliphatic carbocycles. The van der Waals surface area contributed by atoms with Crippen LogP contribution in [0.15, 0.2) is 47.5 Å². The van der Waals surface area contributed by atoms with E-state index in [0.29, 0.717) is 35.4 Å². The Kier molecular flexibility index (Phi) is 5.88. The summed E-state index contributed by atoms with van der Waals surface area (Å²) in [6.07, 6.45) is 1.89. The van der Waals surface area contributed by atoms with Crippen molar-refractivity contribution in [1.29, 1.82) is 0 Å². The van der Waals surface area contributed by atoms with Gasteiger partial charge in [0.2, 0.25) is 5.91 Å². The van der Waals surface area contributed by atoms with Crippen molar-refractivity contribution in [1.82, 2.24) is 14.9 Å². The van der Waals surface area contributed by atoms with Crippen molar-refractivity contribution in [3.05, 3.63) is 64.5 Å². The van der Waals surface area contributed by atoms with Crippen molar-refractivity contribution in [3.63, 3.8) is 0 Å². The second kappa shape index (κ2) is 8.51. The molecule has 0 aliphatic heterocycles. The van der Waals surface area contributed by atoms with Crippen molar-refractivity contribution < 1.29 is 18.7 Å². The van der Waals surface area contributed by atoms with E-state index in [1.807, 2.05) is 0 Å². The Bertz CT molecular complexity index is 1050. The number of nitrogens with one attached hydrogen (secondary N) is 1. The summed E-state index contributed by atoms with van der Waals surface area (Å²) in [4.78, 5) is 29.1. The first-order valence-corrected chi connectivity index (χ1v) is 8.64. The lowest BCUT2D eigenvalue weighted by molar-refractivity contribution is -0.121. The summed E-state index contributed by atoms with van der Waals surface area (Å²) in [5, 5.41) is 3.08. The molecule has 1 amide bonds. The Morgan fingerprint density at radius 1 is 1.14 bits per heavy atom. The van der Waals surface area contributed by atoms with E-state index in [0.717, 1.165) is 5.56 Å². The zero-order chi connectivity index (χ0) is 20.1. The molecule has 28 heavy (non-hydrogen) atoms. The predicted octanol–water partition coefficient (Wildman–Crippen LogP) is 1.91. The van der Waals surface area contributed by atoms with Crippen LogP contribution in [-0.4, -0.2) is 36.2 Å². The second-order valence-electron chi connectivity index (χ2n) is 6.13. The summed E-state index contributed by atoms with van der Waals surface area (Å²) in [7, 11) is 2.98. The molecule has 0 radical (unpaired) electrons. The fourth-order valence-corrected chi connectivity index (χ4v) is 2.81. The van der Waals surface area contributed by atoms with E-state index >= 15 is 0 Å². The number of carbonyl (C=O) groups excluding carboxylic acids is 1. The zero-order valence-corrected chi connectivity index (χ0v) is 15.6. The van der Waals surface area contributed by atoms with Crippen LogP contribution in [0.1, 0.15) is 5.56 Å². The molecule has 0 spiro atoms. The first kappa shape index (κ1) is 19.3. The van der Waals surface area contributed by atoms with Gasteiger partial charge in [-0.3, -0.25) is 14.2 Å². The quantitative estimate of drug-likeness (QED) is 0.672. The van der Waals surface area contributed by atoms with Gasteiger partial charge in [0.15, 0.2) is 11.5 Å². The molecule has 7 nitrogen and oxygen atoms in total. The Morgan fingerprint density at radius 2 is 1.82 bits per heavy atom. The minimum absolute atomic E-state index is 0.153. The third kappa shape index (κ3) is 4.28. The molecule has 0 bridgehead atoms. The van der Waals surface area contributed by atoms with Gasteiger partial charge in [0.25, 0.3) is 5.56 Å². The van der Waals surface area contributed by atoms with Gasteiger partial charge >= 0.3 is 0 Å². The first-order chi connectivity index (χ1) is 13.5. The van der Waals surface area contributed by atoms with Crippen LogP contribution < -0.4 is 20.3 Å². The highest BCUT2D eigenvalue weighted by molar-refractivity contribution is 5.82. The molecular weight excluding hydrogens is 365 g/mol. The number of amides is 1. The smallest absolute Gasteiger partial charge is 0.261 e. The van der Waals surface area contributed by atoms with E-state index in [2.05, 4.69) is 10.3 Å². The van der Waals surface area contributed by atoms with E-state index < -0.39 is 0 Å². The van der Waals surface area contributed by atoms with E-state index in [-0.39, 0.29) is 23.8 Å². The monoisotopic (exact) mass is 385 g/mol. The Balaban J connectivity index is 1.69. The Morgan fingerprint density at radius 3 is 2.50 bits per heavy atom.